The summed E-state index contributed by atoms with van der Waals surface area (Å²) < 4.78 is 26.2. The molecule has 0 aromatic heterocycles. The maximum absolute atomic E-state index is 13.4. The van der Waals surface area contributed by atoms with Gasteiger partial charge in [-0.1, -0.05) is 36.4 Å². The van der Waals surface area contributed by atoms with Crippen molar-refractivity contribution in [3.63, 3.8) is 0 Å². The SMILES string of the molecule is NC(=NCCc1ccc(F)cc1F)NCCc1ccccc1. The smallest absolute Gasteiger partial charge is 0.188 e. The highest BCUT2D eigenvalue weighted by Crippen LogP contribution is 2.10. The largest absolute Gasteiger partial charge is 0.370 e. The highest BCUT2D eigenvalue weighted by molar-refractivity contribution is 5.77. The van der Waals surface area contributed by atoms with E-state index < -0.39 is 11.6 Å². The van der Waals surface area contributed by atoms with Crippen molar-refractivity contribution in [1.82, 2.24) is 5.32 Å². The molecule has 2 aromatic rings. The first-order valence-electron chi connectivity index (χ1n) is 7.17. The Labute approximate surface area is 128 Å². The van der Waals surface area contributed by atoms with E-state index in [2.05, 4.69) is 10.3 Å². The molecule has 0 aliphatic carbocycles. The van der Waals surface area contributed by atoms with Crippen molar-refractivity contribution in [2.75, 3.05) is 13.1 Å². The van der Waals surface area contributed by atoms with Crippen LogP contribution in [0.2, 0.25) is 0 Å². The van der Waals surface area contributed by atoms with Crippen molar-refractivity contribution in [1.29, 1.82) is 0 Å². The van der Waals surface area contributed by atoms with Gasteiger partial charge in [0.05, 0.1) is 0 Å². The van der Waals surface area contributed by atoms with Gasteiger partial charge in [0.1, 0.15) is 11.6 Å². The minimum absolute atomic E-state index is 0.332. The molecule has 0 fully saturated rings. The van der Waals surface area contributed by atoms with Crippen LogP contribution in [0.15, 0.2) is 53.5 Å². The molecule has 0 aliphatic rings. The van der Waals surface area contributed by atoms with Crippen LogP contribution in [0.3, 0.4) is 0 Å². The maximum atomic E-state index is 13.4. The number of guanidine groups is 1. The molecule has 0 spiro atoms. The monoisotopic (exact) mass is 303 g/mol. The van der Waals surface area contributed by atoms with E-state index in [9.17, 15) is 8.78 Å². The lowest BCUT2D eigenvalue weighted by molar-refractivity contribution is 0.572. The number of nitrogens with two attached hydrogens (primary N) is 1. The number of halogens is 2. The average molecular weight is 303 g/mol. The second kappa shape index (κ2) is 8.12. The Balaban J connectivity index is 1.73. The Kier molecular flexibility index (Phi) is 5.89. The molecule has 116 valence electrons. The molecule has 2 rings (SSSR count). The summed E-state index contributed by atoms with van der Waals surface area (Å²) in [5.41, 5.74) is 7.40. The topological polar surface area (TPSA) is 50.4 Å². The minimum atomic E-state index is -0.577. The molecule has 0 saturated carbocycles. The van der Waals surface area contributed by atoms with E-state index in [1.807, 2.05) is 30.3 Å². The Hall–Kier alpha value is -2.43. The highest BCUT2D eigenvalue weighted by atomic mass is 19.1. The van der Waals surface area contributed by atoms with Crippen LogP contribution in [0, 0.1) is 11.6 Å². The van der Waals surface area contributed by atoms with E-state index in [4.69, 9.17) is 5.73 Å². The number of benzene rings is 2. The first kappa shape index (κ1) is 15.9. The molecule has 0 aliphatic heterocycles. The maximum Gasteiger partial charge on any atom is 0.188 e. The van der Waals surface area contributed by atoms with E-state index in [-0.39, 0.29) is 0 Å². The van der Waals surface area contributed by atoms with E-state index in [1.54, 1.807) is 0 Å². The van der Waals surface area contributed by atoms with Gasteiger partial charge in [0, 0.05) is 19.2 Å². The fourth-order valence-corrected chi connectivity index (χ4v) is 2.06. The summed E-state index contributed by atoms with van der Waals surface area (Å²) in [6, 6.07) is 13.6. The molecule has 0 amide bonds. The second-order valence-corrected chi connectivity index (χ2v) is 4.92. The molecule has 3 nitrogen and oxygen atoms in total. The lowest BCUT2D eigenvalue weighted by atomic mass is 10.1. The average Bonchev–Trinajstić information content (AvgIpc) is 2.50. The quantitative estimate of drug-likeness (QED) is 0.637. The number of hydrogen-bond acceptors (Lipinski definition) is 1. The van der Waals surface area contributed by atoms with E-state index in [0.29, 0.717) is 31.0 Å². The van der Waals surface area contributed by atoms with Gasteiger partial charge >= 0.3 is 0 Å². The summed E-state index contributed by atoms with van der Waals surface area (Å²) >= 11 is 0. The Morgan fingerprint density at radius 3 is 2.55 bits per heavy atom. The van der Waals surface area contributed by atoms with Gasteiger partial charge in [0.2, 0.25) is 0 Å². The molecule has 0 atom stereocenters. The molecule has 3 N–H and O–H groups in total. The first-order chi connectivity index (χ1) is 10.6. The molecular formula is C17H19F2N3. The summed E-state index contributed by atoms with van der Waals surface area (Å²) in [7, 11) is 0. The Morgan fingerprint density at radius 1 is 1.05 bits per heavy atom. The third-order valence-electron chi connectivity index (χ3n) is 3.24. The van der Waals surface area contributed by atoms with Crippen molar-refractivity contribution >= 4 is 5.96 Å². The molecule has 0 saturated heterocycles. The lowest BCUT2D eigenvalue weighted by Crippen LogP contribution is -2.33. The second-order valence-electron chi connectivity index (χ2n) is 4.92. The Morgan fingerprint density at radius 2 is 1.82 bits per heavy atom. The van der Waals surface area contributed by atoms with E-state index in [0.717, 1.165) is 12.5 Å². The van der Waals surface area contributed by atoms with Crippen molar-refractivity contribution < 1.29 is 8.78 Å². The number of rotatable bonds is 6. The van der Waals surface area contributed by atoms with Crippen LogP contribution in [0.1, 0.15) is 11.1 Å². The van der Waals surface area contributed by atoms with Gasteiger partial charge in [-0.3, -0.25) is 4.99 Å². The van der Waals surface area contributed by atoms with Crippen LogP contribution >= 0.6 is 0 Å². The zero-order chi connectivity index (χ0) is 15.8. The predicted molar refractivity (Wildman–Crippen MR) is 84.7 cm³/mol. The predicted octanol–water partition coefficient (Wildman–Crippen LogP) is 2.65. The van der Waals surface area contributed by atoms with Gasteiger partial charge in [-0.15, -0.1) is 0 Å². The Bertz CT molecular complexity index is 627. The van der Waals surface area contributed by atoms with Crippen LogP contribution in [0.5, 0.6) is 0 Å². The minimum Gasteiger partial charge on any atom is -0.370 e. The molecular weight excluding hydrogens is 284 g/mol. The lowest BCUT2D eigenvalue weighted by Gasteiger charge is -2.06. The fourth-order valence-electron chi connectivity index (χ4n) is 2.06. The van der Waals surface area contributed by atoms with Gasteiger partial charge in [-0.05, 0) is 30.0 Å². The van der Waals surface area contributed by atoms with Crippen LogP contribution in [0.4, 0.5) is 8.78 Å². The van der Waals surface area contributed by atoms with E-state index >= 15 is 0 Å². The summed E-state index contributed by atoms with van der Waals surface area (Å²) in [6.07, 6.45) is 1.23. The van der Waals surface area contributed by atoms with Gasteiger partial charge < -0.3 is 11.1 Å². The standard InChI is InChI=1S/C17H19F2N3/c18-15-7-6-14(16(19)12-15)9-11-22-17(20)21-10-8-13-4-2-1-3-5-13/h1-7,12H,8-11H2,(H3,20,21,22). The van der Waals surface area contributed by atoms with Crippen molar-refractivity contribution in [2.24, 2.45) is 10.7 Å². The molecule has 0 bridgehead atoms. The molecule has 2 aromatic carbocycles. The molecule has 5 heteroatoms. The first-order valence-corrected chi connectivity index (χ1v) is 7.17. The molecule has 0 unspecified atom stereocenters. The number of nitrogens with zero attached hydrogens (tertiary/aromatic N) is 1. The van der Waals surface area contributed by atoms with Gasteiger partial charge in [0.25, 0.3) is 0 Å². The van der Waals surface area contributed by atoms with Gasteiger partial charge in [-0.25, -0.2) is 8.78 Å². The number of aliphatic imine (C=N–C) groups is 1. The van der Waals surface area contributed by atoms with Crippen LogP contribution in [-0.4, -0.2) is 19.0 Å². The zero-order valence-electron chi connectivity index (χ0n) is 12.2. The summed E-state index contributed by atoms with van der Waals surface area (Å²) in [5.74, 6) is -0.795. The van der Waals surface area contributed by atoms with Crippen molar-refractivity contribution in [2.45, 2.75) is 12.8 Å². The van der Waals surface area contributed by atoms with Gasteiger partial charge in [-0.2, -0.15) is 0 Å². The summed E-state index contributed by atoms with van der Waals surface area (Å²) in [4.78, 5) is 4.14. The third kappa shape index (κ3) is 5.16. The van der Waals surface area contributed by atoms with Crippen molar-refractivity contribution in [3.05, 3.63) is 71.3 Å². The fraction of sp³-hybridized carbons (Fsp3) is 0.235. The van der Waals surface area contributed by atoms with Gasteiger partial charge in [0.15, 0.2) is 5.96 Å². The zero-order valence-corrected chi connectivity index (χ0v) is 12.2. The number of hydrogen-bond donors (Lipinski definition) is 2. The van der Waals surface area contributed by atoms with E-state index in [1.165, 1.54) is 17.7 Å². The third-order valence-corrected chi connectivity index (χ3v) is 3.24. The van der Waals surface area contributed by atoms with Crippen LogP contribution in [-0.2, 0) is 12.8 Å². The summed E-state index contributed by atoms with van der Waals surface area (Å²) in [6.45, 7) is 1.04. The summed E-state index contributed by atoms with van der Waals surface area (Å²) in [5, 5.41) is 3.02. The van der Waals surface area contributed by atoms with Crippen LogP contribution in [0.25, 0.3) is 0 Å². The van der Waals surface area contributed by atoms with Crippen molar-refractivity contribution in [3.8, 4) is 0 Å². The van der Waals surface area contributed by atoms with Crippen LogP contribution < -0.4 is 11.1 Å². The number of nitrogens with one attached hydrogen (secondary N) is 1. The molecule has 22 heavy (non-hydrogen) atoms. The highest BCUT2D eigenvalue weighted by Gasteiger charge is 2.03. The molecule has 0 heterocycles. The molecule has 0 radical (unpaired) electrons. The normalized spacial score (nSPS) is 11.5.